The summed E-state index contributed by atoms with van der Waals surface area (Å²) in [6.45, 7) is 10.2. The van der Waals surface area contributed by atoms with E-state index in [0.717, 1.165) is 35.5 Å². The molecular formula is C22H28N2O3S. The highest BCUT2D eigenvalue weighted by Crippen LogP contribution is 2.39. The number of aromatic hydroxyl groups is 1. The zero-order valence-electron chi connectivity index (χ0n) is 17.2. The van der Waals surface area contributed by atoms with E-state index in [1.165, 1.54) is 11.3 Å². The first-order chi connectivity index (χ1) is 13.2. The molecule has 28 heavy (non-hydrogen) atoms. The van der Waals surface area contributed by atoms with Crippen LogP contribution in [0.15, 0.2) is 23.2 Å². The SMILES string of the molecule is CCOC(=O)c1c(N=Cc2cc(C(C)(C)C)ccc2O)sc2c1CCN(C)C2. The number of esters is 1. The standard InChI is InChI=1S/C22H28N2O3S/c1-6-27-21(26)19-16-9-10-24(5)13-18(16)28-20(19)23-12-14-11-15(22(2,3)4)7-8-17(14)25/h7-8,11-12,25H,6,9-10,13H2,1-5H3. The average molecular weight is 401 g/mol. The number of hydrogen-bond donors (Lipinski definition) is 1. The predicted octanol–water partition coefficient (Wildman–Crippen LogP) is 4.67. The molecule has 0 saturated carbocycles. The molecule has 0 saturated heterocycles. The summed E-state index contributed by atoms with van der Waals surface area (Å²) in [4.78, 5) is 20.6. The molecule has 0 fully saturated rings. The van der Waals surface area contributed by atoms with Gasteiger partial charge in [-0.2, -0.15) is 0 Å². The van der Waals surface area contributed by atoms with Crippen LogP contribution in [0, 0.1) is 0 Å². The van der Waals surface area contributed by atoms with E-state index in [0.29, 0.717) is 22.7 Å². The van der Waals surface area contributed by atoms with E-state index in [4.69, 9.17) is 4.74 Å². The zero-order chi connectivity index (χ0) is 20.5. The van der Waals surface area contributed by atoms with E-state index < -0.39 is 0 Å². The Morgan fingerprint density at radius 1 is 1.39 bits per heavy atom. The molecule has 0 unspecified atom stereocenters. The van der Waals surface area contributed by atoms with Crippen molar-refractivity contribution < 1.29 is 14.6 Å². The van der Waals surface area contributed by atoms with E-state index in [1.54, 1.807) is 12.3 Å². The van der Waals surface area contributed by atoms with Gasteiger partial charge in [0.05, 0.1) is 12.2 Å². The molecule has 150 valence electrons. The van der Waals surface area contributed by atoms with E-state index in [-0.39, 0.29) is 17.1 Å². The van der Waals surface area contributed by atoms with E-state index in [1.807, 2.05) is 19.1 Å². The van der Waals surface area contributed by atoms with Gasteiger partial charge in [-0.25, -0.2) is 9.79 Å². The highest BCUT2D eigenvalue weighted by Gasteiger charge is 2.27. The van der Waals surface area contributed by atoms with Crippen molar-refractivity contribution >= 4 is 28.5 Å². The Bertz CT molecular complexity index is 909. The van der Waals surface area contributed by atoms with Gasteiger partial charge in [-0.15, -0.1) is 11.3 Å². The topological polar surface area (TPSA) is 62.1 Å². The lowest BCUT2D eigenvalue weighted by Crippen LogP contribution is -2.26. The van der Waals surface area contributed by atoms with Crippen molar-refractivity contribution in [2.45, 2.75) is 46.1 Å². The molecule has 0 aliphatic carbocycles. The minimum Gasteiger partial charge on any atom is -0.507 e. The molecule has 1 aliphatic rings. The van der Waals surface area contributed by atoms with Gasteiger partial charge in [-0.05, 0) is 49.1 Å². The fourth-order valence-electron chi connectivity index (χ4n) is 3.27. The fourth-order valence-corrected chi connectivity index (χ4v) is 4.53. The minimum atomic E-state index is -0.315. The number of carbonyl (C=O) groups excluding carboxylic acids is 1. The van der Waals surface area contributed by atoms with Crippen LogP contribution in [-0.2, 0) is 23.1 Å². The summed E-state index contributed by atoms with van der Waals surface area (Å²) in [6, 6.07) is 5.57. The van der Waals surface area contributed by atoms with Crippen LogP contribution in [0.25, 0.3) is 0 Å². The van der Waals surface area contributed by atoms with Gasteiger partial charge >= 0.3 is 5.97 Å². The van der Waals surface area contributed by atoms with Crippen LogP contribution < -0.4 is 0 Å². The summed E-state index contributed by atoms with van der Waals surface area (Å²) in [5.74, 6) is -0.139. The maximum atomic E-state index is 12.6. The van der Waals surface area contributed by atoms with Crippen molar-refractivity contribution in [3.63, 3.8) is 0 Å². The summed E-state index contributed by atoms with van der Waals surface area (Å²) in [6.07, 6.45) is 2.46. The Kier molecular flexibility index (Phi) is 5.91. The summed E-state index contributed by atoms with van der Waals surface area (Å²) in [5.41, 5.74) is 3.37. The smallest absolute Gasteiger partial charge is 0.341 e. The molecule has 1 aliphatic heterocycles. The molecule has 3 rings (SSSR count). The number of thiophene rings is 1. The second-order valence-corrected chi connectivity index (χ2v) is 9.26. The van der Waals surface area contributed by atoms with Gasteiger partial charge in [-0.1, -0.05) is 26.8 Å². The lowest BCUT2D eigenvalue weighted by Gasteiger charge is -2.22. The summed E-state index contributed by atoms with van der Waals surface area (Å²) < 4.78 is 5.29. The average Bonchev–Trinajstić information content (AvgIpc) is 2.97. The maximum absolute atomic E-state index is 12.6. The fraction of sp³-hybridized carbons (Fsp3) is 0.455. The molecule has 2 heterocycles. The number of aliphatic imine (C=N–C) groups is 1. The Balaban J connectivity index is 2.01. The van der Waals surface area contributed by atoms with E-state index >= 15 is 0 Å². The molecule has 2 aromatic rings. The third kappa shape index (κ3) is 4.28. The predicted molar refractivity (Wildman–Crippen MR) is 114 cm³/mol. The van der Waals surface area contributed by atoms with E-state index in [2.05, 4.69) is 37.7 Å². The Labute approximate surface area is 170 Å². The van der Waals surface area contributed by atoms with Gasteiger partial charge in [0.2, 0.25) is 0 Å². The van der Waals surface area contributed by atoms with Gasteiger partial charge < -0.3 is 14.7 Å². The molecule has 0 bridgehead atoms. The number of likely N-dealkylation sites (N-methyl/N-ethyl adjacent to an activating group) is 1. The van der Waals surface area contributed by atoms with Gasteiger partial charge in [0, 0.05) is 29.7 Å². The van der Waals surface area contributed by atoms with Crippen LogP contribution in [0.5, 0.6) is 5.75 Å². The normalized spacial score (nSPS) is 15.0. The number of hydrogen-bond acceptors (Lipinski definition) is 6. The van der Waals surface area contributed by atoms with Crippen molar-refractivity contribution in [3.05, 3.63) is 45.3 Å². The zero-order valence-corrected chi connectivity index (χ0v) is 18.0. The quantitative estimate of drug-likeness (QED) is 0.599. The molecule has 6 heteroatoms. The number of phenolic OH excluding ortho intramolecular Hbond substituents is 1. The molecule has 1 aromatic heterocycles. The molecule has 0 spiro atoms. The molecule has 0 amide bonds. The number of ether oxygens (including phenoxy) is 1. The highest BCUT2D eigenvalue weighted by molar-refractivity contribution is 7.16. The maximum Gasteiger partial charge on any atom is 0.341 e. The van der Waals surface area contributed by atoms with Crippen LogP contribution in [0.3, 0.4) is 0 Å². The lowest BCUT2D eigenvalue weighted by atomic mass is 9.86. The summed E-state index contributed by atoms with van der Waals surface area (Å²) in [5, 5.41) is 10.9. The van der Waals surface area contributed by atoms with Crippen LogP contribution in [0.2, 0.25) is 0 Å². The van der Waals surface area contributed by atoms with Gasteiger partial charge in [0.25, 0.3) is 0 Å². The Morgan fingerprint density at radius 2 is 2.14 bits per heavy atom. The van der Waals surface area contributed by atoms with Crippen molar-refractivity contribution in [1.29, 1.82) is 0 Å². The number of carbonyl (C=O) groups is 1. The second-order valence-electron chi connectivity index (χ2n) is 8.17. The van der Waals surface area contributed by atoms with Crippen LogP contribution >= 0.6 is 11.3 Å². The van der Waals surface area contributed by atoms with Crippen molar-refractivity contribution in [1.82, 2.24) is 4.90 Å². The highest BCUT2D eigenvalue weighted by atomic mass is 32.1. The molecule has 5 nitrogen and oxygen atoms in total. The second kappa shape index (κ2) is 8.05. The minimum absolute atomic E-state index is 0.0288. The molecule has 1 aromatic carbocycles. The molecular weight excluding hydrogens is 372 g/mol. The third-order valence-electron chi connectivity index (χ3n) is 4.92. The largest absolute Gasteiger partial charge is 0.507 e. The van der Waals surface area contributed by atoms with Gasteiger partial charge in [-0.3, -0.25) is 0 Å². The van der Waals surface area contributed by atoms with Crippen molar-refractivity contribution in [2.75, 3.05) is 20.2 Å². The van der Waals surface area contributed by atoms with Crippen molar-refractivity contribution in [2.24, 2.45) is 4.99 Å². The number of nitrogens with zero attached hydrogens (tertiary/aromatic N) is 2. The summed E-state index contributed by atoms with van der Waals surface area (Å²) in [7, 11) is 2.08. The summed E-state index contributed by atoms with van der Waals surface area (Å²) >= 11 is 1.53. The monoisotopic (exact) mass is 400 g/mol. The number of benzene rings is 1. The third-order valence-corrected chi connectivity index (χ3v) is 6.05. The first-order valence-corrected chi connectivity index (χ1v) is 10.4. The van der Waals surface area contributed by atoms with Crippen molar-refractivity contribution in [3.8, 4) is 5.75 Å². The first-order valence-electron chi connectivity index (χ1n) is 9.58. The Hall–Kier alpha value is -2.18. The van der Waals surface area contributed by atoms with Gasteiger partial charge in [0.1, 0.15) is 10.8 Å². The van der Waals surface area contributed by atoms with Crippen LogP contribution in [-0.4, -0.2) is 42.4 Å². The van der Waals surface area contributed by atoms with Crippen LogP contribution in [0.4, 0.5) is 5.00 Å². The van der Waals surface area contributed by atoms with Gasteiger partial charge in [0.15, 0.2) is 0 Å². The number of rotatable bonds is 4. The lowest BCUT2D eigenvalue weighted by molar-refractivity contribution is 0.0526. The van der Waals surface area contributed by atoms with Crippen LogP contribution in [0.1, 0.15) is 59.6 Å². The Morgan fingerprint density at radius 3 is 2.82 bits per heavy atom. The number of fused-ring (bicyclic) bond motifs is 1. The molecule has 1 N–H and O–H groups in total. The van der Waals surface area contributed by atoms with E-state index in [9.17, 15) is 9.90 Å². The first kappa shape index (κ1) is 20.6. The number of phenols is 1. The molecule has 0 radical (unpaired) electrons. The molecule has 0 atom stereocenters.